The number of furan rings is 1. The molecular formula is C18H29IN4O2S. The van der Waals surface area contributed by atoms with Crippen molar-refractivity contribution in [3.05, 3.63) is 40.2 Å². The van der Waals surface area contributed by atoms with E-state index in [1.165, 1.54) is 0 Å². The topological polar surface area (TPSA) is 71.7 Å². The maximum Gasteiger partial charge on any atom is 0.191 e. The van der Waals surface area contributed by atoms with Gasteiger partial charge in [-0.3, -0.25) is 4.99 Å². The molecule has 2 rings (SSSR count). The Morgan fingerprint density at radius 1 is 1.35 bits per heavy atom. The number of hydrogen-bond donors (Lipinski definition) is 2. The molecule has 0 amide bonds. The molecule has 0 fully saturated rings. The molecule has 0 unspecified atom stereocenters. The SMILES string of the molecule is CN=C(NCCCOCc1ccco1)NCc1nc(C(C)(C)C)cs1.I. The van der Waals surface area contributed by atoms with E-state index in [9.17, 15) is 0 Å². The molecule has 0 aliphatic rings. The maximum atomic E-state index is 5.56. The molecule has 0 saturated heterocycles. The van der Waals surface area contributed by atoms with E-state index < -0.39 is 0 Å². The lowest BCUT2D eigenvalue weighted by molar-refractivity contribution is 0.105. The summed E-state index contributed by atoms with van der Waals surface area (Å²) in [6.07, 6.45) is 2.55. The fraction of sp³-hybridized carbons (Fsp3) is 0.556. The van der Waals surface area contributed by atoms with Crippen molar-refractivity contribution in [3.8, 4) is 0 Å². The Kier molecular flexibility index (Phi) is 10.2. The summed E-state index contributed by atoms with van der Waals surface area (Å²) in [6, 6.07) is 3.77. The predicted molar refractivity (Wildman–Crippen MR) is 117 cm³/mol. The van der Waals surface area contributed by atoms with Gasteiger partial charge in [0.15, 0.2) is 5.96 Å². The molecule has 2 aromatic rings. The molecule has 0 aromatic carbocycles. The Morgan fingerprint density at radius 2 is 2.15 bits per heavy atom. The molecular weight excluding hydrogens is 463 g/mol. The number of nitrogens with zero attached hydrogens (tertiary/aromatic N) is 2. The maximum absolute atomic E-state index is 5.56. The van der Waals surface area contributed by atoms with Crippen molar-refractivity contribution in [2.24, 2.45) is 4.99 Å². The quantitative estimate of drug-likeness (QED) is 0.253. The standard InChI is InChI=1S/C18H28N4O2S.HI/c1-18(2,3)15-13-25-16(22-15)11-21-17(19-4)20-8-6-9-23-12-14-7-5-10-24-14;/h5,7,10,13H,6,8-9,11-12H2,1-4H3,(H2,19,20,21);1H. The molecule has 0 radical (unpaired) electrons. The Bertz CT molecular complexity index is 650. The summed E-state index contributed by atoms with van der Waals surface area (Å²) in [5.74, 6) is 1.63. The van der Waals surface area contributed by atoms with Gasteiger partial charge >= 0.3 is 0 Å². The number of guanidine groups is 1. The molecule has 0 atom stereocenters. The minimum absolute atomic E-state index is 0. The third-order valence-electron chi connectivity index (χ3n) is 3.53. The van der Waals surface area contributed by atoms with Crippen molar-refractivity contribution in [1.29, 1.82) is 0 Å². The molecule has 0 saturated carbocycles. The molecule has 26 heavy (non-hydrogen) atoms. The first-order valence-corrected chi connectivity index (χ1v) is 9.36. The monoisotopic (exact) mass is 492 g/mol. The number of halogens is 1. The lowest BCUT2D eigenvalue weighted by Gasteiger charge is -2.14. The highest BCUT2D eigenvalue weighted by atomic mass is 127. The Balaban J connectivity index is 0.00000338. The summed E-state index contributed by atoms with van der Waals surface area (Å²) in [7, 11) is 1.77. The number of aliphatic imine (C=N–C) groups is 1. The van der Waals surface area contributed by atoms with E-state index in [0.717, 1.165) is 35.4 Å². The van der Waals surface area contributed by atoms with Crippen LogP contribution in [0.1, 0.15) is 43.7 Å². The van der Waals surface area contributed by atoms with Crippen LogP contribution in [0.25, 0.3) is 0 Å². The van der Waals surface area contributed by atoms with Gasteiger partial charge in [0, 0.05) is 31.0 Å². The van der Waals surface area contributed by atoms with Gasteiger partial charge in [0.1, 0.15) is 17.4 Å². The first-order valence-electron chi connectivity index (χ1n) is 8.48. The van der Waals surface area contributed by atoms with Crippen LogP contribution in [0.5, 0.6) is 0 Å². The lowest BCUT2D eigenvalue weighted by atomic mass is 9.93. The van der Waals surface area contributed by atoms with Crippen molar-refractivity contribution >= 4 is 41.3 Å². The van der Waals surface area contributed by atoms with Crippen LogP contribution in [-0.4, -0.2) is 31.1 Å². The van der Waals surface area contributed by atoms with Crippen LogP contribution in [-0.2, 0) is 23.3 Å². The second-order valence-corrected chi connectivity index (χ2v) is 7.66. The van der Waals surface area contributed by atoms with Crippen LogP contribution < -0.4 is 10.6 Å². The molecule has 0 aliphatic heterocycles. The largest absolute Gasteiger partial charge is 0.467 e. The molecule has 2 heterocycles. The predicted octanol–water partition coefficient (Wildman–Crippen LogP) is 3.92. The average Bonchev–Trinajstić information content (AvgIpc) is 3.24. The van der Waals surface area contributed by atoms with Crippen LogP contribution in [0, 0.1) is 0 Å². The third-order valence-corrected chi connectivity index (χ3v) is 4.38. The zero-order valence-electron chi connectivity index (χ0n) is 15.9. The molecule has 6 nitrogen and oxygen atoms in total. The highest BCUT2D eigenvalue weighted by Gasteiger charge is 2.17. The molecule has 0 bridgehead atoms. The molecule has 146 valence electrons. The third kappa shape index (κ3) is 8.05. The number of aromatic nitrogens is 1. The van der Waals surface area contributed by atoms with Crippen molar-refractivity contribution in [2.45, 2.75) is 45.8 Å². The van der Waals surface area contributed by atoms with Crippen LogP contribution >= 0.6 is 35.3 Å². The van der Waals surface area contributed by atoms with Gasteiger partial charge in [-0.25, -0.2) is 4.98 Å². The van der Waals surface area contributed by atoms with Crippen molar-refractivity contribution < 1.29 is 9.15 Å². The summed E-state index contributed by atoms with van der Waals surface area (Å²) in [5, 5.41) is 9.77. The van der Waals surface area contributed by atoms with Crippen LogP contribution in [0.4, 0.5) is 0 Å². The summed E-state index contributed by atoms with van der Waals surface area (Å²) < 4.78 is 10.8. The Labute approximate surface area is 176 Å². The molecule has 2 aromatic heterocycles. The minimum Gasteiger partial charge on any atom is -0.467 e. The molecule has 0 aliphatic carbocycles. The van der Waals surface area contributed by atoms with Gasteiger partial charge in [0.2, 0.25) is 0 Å². The molecule has 8 heteroatoms. The number of ether oxygens (including phenoxy) is 1. The van der Waals surface area contributed by atoms with Gasteiger partial charge in [0.05, 0.1) is 18.5 Å². The van der Waals surface area contributed by atoms with E-state index in [2.05, 4.69) is 46.8 Å². The van der Waals surface area contributed by atoms with Crippen molar-refractivity contribution in [3.63, 3.8) is 0 Å². The van der Waals surface area contributed by atoms with Gasteiger partial charge in [-0.1, -0.05) is 20.8 Å². The fourth-order valence-corrected chi connectivity index (χ4v) is 3.03. The van der Waals surface area contributed by atoms with Crippen LogP contribution in [0.15, 0.2) is 33.2 Å². The summed E-state index contributed by atoms with van der Waals surface area (Å²) in [6.45, 7) is 9.18. The van der Waals surface area contributed by atoms with Crippen LogP contribution in [0.3, 0.4) is 0 Å². The van der Waals surface area contributed by atoms with E-state index in [0.29, 0.717) is 19.8 Å². The molecule has 0 spiro atoms. The van der Waals surface area contributed by atoms with Crippen molar-refractivity contribution in [1.82, 2.24) is 15.6 Å². The van der Waals surface area contributed by atoms with E-state index in [1.54, 1.807) is 24.6 Å². The van der Waals surface area contributed by atoms with Gasteiger partial charge in [-0.2, -0.15) is 0 Å². The summed E-state index contributed by atoms with van der Waals surface area (Å²) in [5.41, 5.74) is 1.22. The van der Waals surface area contributed by atoms with Gasteiger partial charge in [0.25, 0.3) is 0 Å². The smallest absolute Gasteiger partial charge is 0.191 e. The van der Waals surface area contributed by atoms with Crippen molar-refractivity contribution in [2.75, 3.05) is 20.2 Å². The average molecular weight is 492 g/mol. The molecule has 2 N–H and O–H groups in total. The van der Waals surface area contributed by atoms with E-state index in [-0.39, 0.29) is 29.4 Å². The second-order valence-electron chi connectivity index (χ2n) is 6.71. The zero-order chi connectivity index (χ0) is 18.1. The lowest BCUT2D eigenvalue weighted by Crippen LogP contribution is -2.37. The zero-order valence-corrected chi connectivity index (χ0v) is 19.0. The number of nitrogens with one attached hydrogen (secondary N) is 2. The minimum atomic E-state index is 0. The number of hydrogen-bond acceptors (Lipinski definition) is 5. The highest BCUT2D eigenvalue weighted by molar-refractivity contribution is 14.0. The first kappa shape index (κ1) is 22.9. The normalized spacial score (nSPS) is 11.9. The van der Waals surface area contributed by atoms with E-state index in [4.69, 9.17) is 9.15 Å². The summed E-state index contributed by atoms with van der Waals surface area (Å²) in [4.78, 5) is 8.91. The van der Waals surface area contributed by atoms with E-state index >= 15 is 0 Å². The Morgan fingerprint density at radius 3 is 2.77 bits per heavy atom. The van der Waals surface area contributed by atoms with Gasteiger partial charge in [-0.15, -0.1) is 35.3 Å². The van der Waals surface area contributed by atoms with E-state index in [1.807, 2.05) is 12.1 Å². The number of rotatable bonds is 8. The fourth-order valence-electron chi connectivity index (χ4n) is 2.06. The first-order chi connectivity index (χ1) is 12.0. The van der Waals surface area contributed by atoms with Gasteiger partial charge < -0.3 is 19.8 Å². The Hall–Kier alpha value is -1.13. The van der Waals surface area contributed by atoms with Gasteiger partial charge in [-0.05, 0) is 18.6 Å². The summed E-state index contributed by atoms with van der Waals surface area (Å²) >= 11 is 1.68. The van der Waals surface area contributed by atoms with Crippen LogP contribution in [0.2, 0.25) is 0 Å². The highest BCUT2D eigenvalue weighted by Crippen LogP contribution is 2.23. The number of thiazole rings is 1. The second kappa shape index (κ2) is 11.6.